The van der Waals surface area contributed by atoms with Crippen molar-refractivity contribution in [1.29, 1.82) is 0 Å². The number of hydrogen-bond donors (Lipinski definition) is 0. The molecule has 2 aliphatic rings. The number of unbranched alkanes of at least 4 members (excludes halogenated alkanes) is 1. The second-order valence-electron chi connectivity index (χ2n) is 9.55. The summed E-state index contributed by atoms with van der Waals surface area (Å²) < 4.78 is 11.5. The Morgan fingerprint density at radius 3 is 2.45 bits per heavy atom. The van der Waals surface area contributed by atoms with Gasteiger partial charge in [-0.05, 0) is 94.4 Å². The first kappa shape index (κ1) is 23.7. The van der Waals surface area contributed by atoms with Crippen molar-refractivity contribution in [2.24, 2.45) is 11.8 Å². The molecule has 1 aromatic rings. The Morgan fingerprint density at radius 1 is 1.13 bits per heavy atom. The van der Waals surface area contributed by atoms with Crippen molar-refractivity contribution in [2.45, 2.75) is 97.1 Å². The molecule has 4 nitrogen and oxygen atoms in total. The Bertz CT molecular complexity index is 715. The van der Waals surface area contributed by atoms with Crippen molar-refractivity contribution in [2.75, 3.05) is 11.5 Å². The summed E-state index contributed by atoms with van der Waals surface area (Å²) >= 11 is 0. The smallest absolute Gasteiger partial charge is 0.230 e. The van der Waals surface area contributed by atoms with Gasteiger partial charge in [0.1, 0.15) is 5.75 Å². The van der Waals surface area contributed by atoms with Crippen LogP contribution in [0.25, 0.3) is 0 Å². The largest absolute Gasteiger partial charge is 0.499 e. The lowest BCUT2D eigenvalue weighted by Gasteiger charge is -2.40. The molecule has 0 bridgehead atoms. The Hall–Kier alpha value is -1.97. The third-order valence-electron chi connectivity index (χ3n) is 7.09. The van der Waals surface area contributed by atoms with Crippen LogP contribution in [0.4, 0.5) is 5.69 Å². The fourth-order valence-corrected chi connectivity index (χ4v) is 5.10. The average molecular weight is 428 g/mol. The summed E-state index contributed by atoms with van der Waals surface area (Å²) in [6.45, 7) is 11.0. The minimum absolute atomic E-state index is 0.151. The number of rotatable bonds is 9. The van der Waals surface area contributed by atoms with Gasteiger partial charge in [-0.15, -0.1) is 0 Å². The number of aryl methyl sites for hydroxylation is 1. The number of carbonyl (C=O) groups is 1. The zero-order valence-electron chi connectivity index (χ0n) is 19.8. The van der Waals surface area contributed by atoms with E-state index in [4.69, 9.17) is 9.47 Å². The van der Waals surface area contributed by atoms with E-state index in [0.29, 0.717) is 5.91 Å². The number of nitrogens with zero attached hydrogens (tertiary/aromatic N) is 1. The molecule has 4 heteroatoms. The Morgan fingerprint density at radius 2 is 1.84 bits per heavy atom. The van der Waals surface area contributed by atoms with Gasteiger partial charge in [0, 0.05) is 17.6 Å². The highest BCUT2D eigenvalue weighted by Gasteiger charge is 2.35. The molecule has 3 rings (SSSR count). The zero-order chi connectivity index (χ0) is 22.2. The van der Waals surface area contributed by atoms with Crippen molar-refractivity contribution in [1.82, 2.24) is 0 Å². The monoisotopic (exact) mass is 427 g/mol. The van der Waals surface area contributed by atoms with Crippen LogP contribution in [0.15, 0.2) is 31.0 Å². The van der Waals surface area contributed by atoms with Crippen LogP contribution < -0.4 is 9.64 Å². The standard InChI is InChI=1S/C27H41NO3/c1-5-7-18-31-25-16-17-26(21(4)19-25)28(23-12-14-24(15-13-23)30-6-2)27(29)22-10-8-20(3)9-11-22/h6,16-17,19-20,22-24H,2,5,7-15,18H2,1,3-4H3/t20-,22-,23-,24-. The maximum absolute atomic E-state index is 13.8. The second-order valence-corrected chi connectivity index (χ2v) is 9.55. The van der Waals surface area contributed by atoms with Crippen LogP contribution in [0.5, 0.6) is 5.75 Å². The fraction of sp³-hybridized carbons (Fsp3) is 0.667. The van der Waals surface area contributed by atoms with Crippen molar-refractivity contribution in [3.05, 3.63) is 36.6 Å². The van der Waals surface area contributed by atoms with Gasteiger partial charge < -0.3 is 14.4 Å². The molecule has 0 N–H and O–H groups in total. The van der Waals surface area contributed by atoms with E-state index in [1.165, 1.54) is 0 Å². The zero-order valence-corrected chi connectivity index (χ0v) is 19.8. The number of ether oxygens (including phenoxy) is 2. The molecule has 0 heterocycles. The Kier molecular flexibility index (Phi) is 8.86. The minimum atomic E-state index is 0.151. The maximum Gasteiger partial charge on any atom is 0.230 e. The lowest BCUT2D eigenvalue weighted by atomic mass is 9.81. The summed E-state index contributed by atoms with van der Waals surface area (Å²) in [5.41, 5.74) is 2.18. The van der Waals surface area contributed by atoms with E-state index in [0.717, 1.165) is 93.7 Å². The highest BCUT2D eigenvalue weighted by molar-refractivity contribution is 5.96. The van der Waals surface area contributed by atoms with Gasteiger partial charge in [-0.3, -0.25) is 4.79 Å². The minimum Gasteiger partial charge on any atom is -0.499 e. The molecule has 0 aromatic heterocycles. The lowest BCUT2D eigenvalue weighted by molar-refractivity contribution is -0.124. The van der Waals surface area contributed by atoms with Gasteiger partial charge >= 0.3 is 0 Å². The van der Waals surface area contributed by atoms with Gasteiger partial charge in [0.05, 0.1) is 19.0 Å². The summed E-state index contributed by atoms with van der Waals surface area (Å²) in [4.78, 5) is 16.0. The first-order valence-corrected chi connectivity index (χ1v) is 12.4. The van der Waals surface area contributed by atoms with Gasteiger partial charge in [-0.1, -0.05) is 26.8 Å². The second kappa shape index (κ2) is 11.6. The van der Waals surface area contributed by atoms with E-state index in [1.54, 1.807) is 6.26 Å². The molecule has 2 saturated carbocycles. The number of anilines is 1. The van der Waals surface area contributed by atoms with E-state index >= 15 is 0 Å². The SMILES string of the molecule is C=CO[C@H]1CC[C@H](N(c2ccc(OCCCC)cc2C)C(=O)[C@H]2CC[C@H](C)CC2)CC1. The molecule has 31 heavy (non-hydrogen) atoms. The maximum atomic E-state index is 13.8. The average Bonchev–Trinajstić information content (AvgIpc) is 2.77. The number of carbonyl (C=O) groups excluding carboxylic acids is 1. The van der Waals surface area contributed by atoms with E-state index in [1.807, 2.05) is 6.07 Å². The van der Waals surface area contributed by atoms with Crippen LogP contribution in [0.1, 0.15) is 83.6 Å². The molecule has 0 unspecified atom stereocenters. The van der Waals surface area contributed by atoms with Gasteiger partial charge in [0.2, 0.25) is 5.91 Å². The predicted molar refractivity (Wildman–Crippen MR) is 128 cm³/mol. The third kappa shape index (κ3) is 6.27. The normalized spacial score (nSPS) is 26.2. The quantitative estimate of drug-likeness (QED) is 0.321. The van der Waals surface area contributed by atoms with Gasteiger partial charge in [-0.2, -0.15) is 0 Å². The van der Waals surface area contributed by atoms with E-state index in [-0.39, 0.29) is 18.1 Å². The van der Waals surface area contributed by atoms with Crippen molar-refractivity contribution in [3.63, 3.8) is 0 Å². The first-order valence-electron chi connectivity index (χ1n) is 12.4. The lowest BCUT2D eigenvalue weighted by Crippen LogP contribution is -2.47. The van der Waals surface area contributed by atoms with Crippen molar-refractivity contribution in [3.8, 4) is 5.75 Å². The predicted octanol–water partition coefficient (Wildman–Crippen LogP) is 6.80. The molecule has 0 saturated heterocycles. The number of benzene rings is 1. The van der Waals surface area contributed by atoms with E-state index in [9.17, 15) is 4.79 Å². The Labute approximate surface area is 189 Å². The van der Waals surface area contributed by atoms with Crippen LogP contribution in [0.3, 0.4) is 0 Å². The van der Waals surface area contributed by atoms with Crippen molar-refractivity contribution < 1.29 is 14.3 Å². The molecule has 0 radical (unpaired) electrons. The summed E-state index contributed by atoms with van der Waals surface area (Å²) in [5, 5.41) is 0. The third-order valence-corrected chi connectivity index (χ3v) is 7.09. The topological polar surface area (TPSA) is 38.8 Å². The molecule has 0 atom stereocenters. The summed E-state index contributed by atoms with van der Waals surface area (Å²) in [6, 6.07) is 6.47. The highest BCUT2D eigenvalue weighted by atomic mass is 16.5. The van der Waals surface area contributed by atoms with Gasteiger partial charge in [0.25, 0.3) is 0 Å². The molecule has 2 fully saturated rings. The summed E-state index contributed by atoms with van der Waals surface area (Å²) in [6.07, 6.45) is 12.2. The highest BCUT2D eigenvalue weighted by Crippen LogP contribution is 2.37. The van der Waals surface area contributed by atoms with Crippen molar-refractivity contribution >= 4 is 11.6 Å². The Balaban J connectivity index is 1.80. The van der Waals surface area contributed by atoms with Gasteiger partial charge in [0.15, 0.2) is 0 Å². The summed E-state index contributed by atoms with van der Waals surface area (Å²) in [7, 11) is 0. The number of hydrogen-bond acceptors (Lipinski definition) is 3. The van der Waals surface area contributed by atoms with Crippen LogP contribution in [0, 0.1) is 18.8 Å². The van der Waals surface area contributed by atoms with E-state index < -0.39 is 0 Å². The molecular weight excluding hydrogens is 386 g/mol. The molecule has 172 valence electrons. The fourth-order valence-electron chi connectivity index (χ4n) is 5.10. The molecule has 1 aromatic carbocycles. The number of amides is 1. The molecule has 0 aliphatic heterocycles. The van der Waals surface area contributed by atoms with Crippen LogP contribution in [-0.4, -0.2) is 24.7 Å². The molecule has 2 aliphatic carbocycles. The van der Waals surface area contributed by atoms with Gasteiger partial charge in [-0.25, -0.2) is 0 Å². The molecular formula is C27H41NO3. The first-order chi connectivity index (χ1) is 15.0. The molecule has 1 amide bonds. The molecule has 0 spiro atoms. The van der Waals surface area contributed by atoms with Crippen LogP contribution >= 0.6 is 0 Å². The van der Waals surface area contributed by atoms with E-state index in [2.05, 4.69) is 44.4 Å². The van der Waals surface area contributed by atoms with Crippen LogP contribution in [0.2, 0.25) is 0 Å². The van der Waals surface area contributed by atoms with Crippen LogP contribution in [-0.2, 0) is 9.53 Å². The summed E-state index contributed by atoms with van der Waals surface area (Å²) in [5.74, 6) is 2.11.